The number of nitrogens with zero attached hydrogens (tertiary/aromatic N) is 2. The molecule has 0 aliphatic rings. The van der Waals surface area contributed by atoms with Crippen LogP contribution in [0, 0.1) is 5.41 Å². The Morgan fingerprint density at radius 2 is 2.13 bits per heavy atom. The summed E-state index contributed by atoms with van der Waals surface area (Å²) in [6.45, 7) is 7.18. The number of hydrogen-bond donors (Lipinski definition) is 1. The maximum atomic E-state index is 5.94. The summed E-state index contributed by atoms with van der Waals surface area (Å²) in [6.07, 6.45) is 1.53. The number of hydrogen-bond acceptors (Lipinski definition) is 4. The molecular formula is C10H16ClN3O. The molecule has 1 aromatic rings. The first-order valence-corrected chi connectivity index (χ1v) is 5.10. The third-order valence-electron chi connectivity index (χ3n) is 1.69. The van der Waals surface area contributed by atoms with Gasteiger partial charge in [-0.15, -0.1) is 0 Å². The van der Waals surface area contributed by atoms with Crippen molar-refractivity contribution < 1.29 is 4.74 Å². The summed E-state index contributed by atoms with van der Waals surface area (Å²) >= 11 is 5.94. The van der Waals surface area contributed by atoms with Crippen LogP contribution in [0.1, 0.15) is 20.8 Å². The summed E-state index contributed by atoms with van der Waals surface area (Å²) in [7, 11) is 1.52. The standard InChI is InChI=1S/C10H16ClN3O/c1-10(2,3)6-13-8-7(11)5-12-9(14-8)15-4/h5H,6H2,1-4H3,(H,12,13,14). The van der Waals surface area contributed by atoms with Gasteiger partial charge in [-0.2, -0.15) is 4.98 Å². The fourth-order valence-electron chi connectivity index (χ4n) is 0.922. The van der Waals surface area contributed by atoms with Gasteiger partial charge in [0.15, 0.2) is 5.82 Å². The highest BCUT2D eigenvalue weighted by Crippen LogP contribution is 2.22. The summed E-state index contributed by atoms with van der Waals surface area (Å²) < 4.78 is 4.92. The number of aromatic nitrogens is 2. The first-order chi connectivity index (χ1) is 6.92. The molecule has 0 bridgehead atoms. The fourth-order valence-corrected chi connectivity index (χ4v) is 1.08. The molecule has 0 radical (unpaired) electrons. The van der Waals surface area contributed by atoms with Crippen molar-refractivity contribution in [2.75, 3.05) is 19.0 Å². The van der Waals surface area contributed by atoms with Gasteiger partial charge in [0.25, 0.3) is 0 Å². The van der Waals surface area contributed by atoms with E-state index in [1.807, 2.05) is 0 Å². The number of nitrogens with one attached hydrogen (secondary N) is 1. The molecule has 0 saturated carbocycles. The van der Waals surface area contributed by atoms with Crippen LogP contribution in [0.4, 0.5) is 5.82 Å². The van der Waals surface area contributed by atoms with E-state index in [2.05, 4.69) is 36.1 Å². The smallest absolute Gasteiger partial charge is 0.318 e. The van der Waals surface area contributed by atoms with Crippen molar-refractivity contribution in [3.63, 3.8) is 0 Å². The van der Waals surface area contributed by atoms with E-state index in [0.29, 0.717) is 16.9 Å². The van der Waals surface area contributed by atoms with Gasteiger partial charge < -0.3 is 10.1 Å². The van der Waals surface area contributed by atoms with E-state index in [-0.39, 0.29) is 5.41 Å². The lowest BCUT2D eigenvalue weighted by Gasteiger charge is -2.19. The van der Waals surface area contributed by atoms with Crippen molar-refractivity contribution in [2.45, 2.75) is 20.8 Å². The second-order valence-corrected chi connectivity index (χ2v) is 4.87. The van der Waals surface area contributed by atoms with Gasteiger partial charge in [0.1, 0.15) is 5.02 Å². The second-order valence-electron chi connectivity index (χ2n) is 4.47. The molecule has 0 saturated heterocycles. The zero-order valence-electron chi connectivity index (χ0n) is 9.47. The van der Waals surface area contributed by atoms with Crippen molar-refractivity contribution in [1.29, 1.82) is 0 Å². The predicted octanol–water partition coefficient (Wildman–Crippen LogP) is 2.60. The van der Waals surface area contributed by atoms with Crippen LogP contribution >= 0.6 is 11.6 Å². The molecule has 5 heteroatoms. The molecule has 1 N–H and O–H groups in total. The Morgan fingerprint density at radius 3 is 2.67 bits per heavy atom. The molecule has 1 rings (SSSR count). The summed E-state index contributed by atoms with van der Waals surface area (Å²) in [5.74, 6) is 0.610. The molecular weight excluding hydrogens is 214 g/mol. The highest BCUT2D eigenvalue weighted by atomic mass is 35.5. The molecule has 0 fully saturated rings. The summed E-state index contributed by atoms with van der Waals surface area (Å²) in [5.41, 5.74) is 0.168. The third kappa shape index (κ3) is 3.91. The molecule has 0 aliphatic heterocycles. The highest BCUT2D eigenvalue weighted by molar-refractivity contribution is 6.32. The molecule has 0 amide bonds. The average molecular weight is 230 g/mol. The minimum atomic E-state index is 0.168. The summed E-state index contributed by atoms with van der Waals surface area (Å²) in [4.78, 5) is 8.01. The van der Waals surface area contributed by atoms with Crippen LogP contribution < -0.4 is 10.1 Å². The monoisotopic (exact) mass is 229 g/mol. The van der Waals surface area contributed by atoms with Crippen LogP contribution in [0.2, 0.25) is 5.02 Å². The zero-order chi connectivity index (χ0) is 11.5. The van der Waals surface area contributed by atoms with Crippen molar-refractivity contribution in [1.82, 2.24) is 9.97 Å². The van der Waals surface area contributed by atoms with Crippen molar-refractivity contribution in [3.8, 4) is 6.01 Å². The molecule has 15 heavy (non-hydrogen) atoms. The molecule has 84 valence electrons. The first-order valence-electron chi connectivity index (χ1n) is 4.73. The number of halogens is 1. The average Bonchev–Trinajstić information content (AvgIpc) is 2.15. The van der Waals surface area contributed by atoms with E-state index in [1.54, 1.807) is 0 Å². The second kappa shape index (κ2) is 4.66. The van der Waals surface area contributed by atoms with E-state index in [0.717, 1.165) is 6.54 Å². The summed E-state index contributed by atoms with van der Waals surface area (Å²) in [5, 5.41) is 3.66. The lowest BCUT2D eigenvalue weighted by Crippen LogP contribution is -2.19. The van der Waals surface area contributed by atoms with E-state index in [9.17, 15) is 0 Å². The lowest BCUT2D eigenvalue weighted by atomic mass is 9.97. The van der Waals surface area contributed by atoms with E-state index in [1.165, 1.54) is 13.3 Å². The van der Waals surface area contributed by atoms with Gasteiger partial charge in [-0.1, -0.05) is 32.4 Å². The van der Waals surface area contributed by atoms with Crippen molar-refractivity contribution in [2.24, 2.45) is 5.41 Å². The predicted molar refractivity (Wildman–Crippen MR) is 61.5 cm³/mol. The first kappa shape index (κ1) is 12.0. The van der Waals surface area contributed by atoms with Crippen LogP contribution in [0.25, 0.3) is 0 Å². The van der Waals surface area contributed by atoms with E-state index < -0.39 is 0 Å². The largest absolute Gasteiger partial charge is 0.467 e. The van der Waals surface area contributed by atoms with Crippen LogP contribution in [0.15, 0.2) is 6.20 Å². The molecule has 1 aromatic heterocycles. The Labute approximate surface area is 95.0 Å². The number of ether oxygens (including phenoxy) is 1. The molecule has 0 spiro atoms. The SMILES string of the molecule is COc1ncc(Cl)c(NCC(C)(C)C)n1. The van der Waals surface area contributed by atoms with Crippen LogP contribution in [0.5, 0.6) is 6.01 Å². The maximum absolute atomic E-state index is 5.94. The van der Waals surface area contributed by atoms with Crippen molar-refractivity contribution >= 4 is 17.4 Å². The Balaban J connectivity index is 2.75. The quantitative estimate of drug-likeness (QED) is 0.866. The van der Waals surface area contributed by atoms with Gasteiger partial charge in [0, 0.05) is 6.54 Å². The van der Waals surface area contributed by atoms with Gasteiger partial charge in [-0.05, 0) is 5.41 Å². The Bertz CT molecular complexity index is 336. The number of anilines is 1. The number of rotatable bonds is 3. The van der Waals surface area contributed by atoms with Gasteiger partial charge in [0.2, 0.25) is 0 Å². The maximum Gasteiger partial charge on any atom is 0.318 e. The third-order valence-corrected chi connectivity index (χ3v) is 1.97. The summed E-state index contributed by atoms with van der Waals surface area (Å²) in [6, 6.07) is 0.316. The van der Waals surface area contributed by atoms with Gasteiger partial charge in [-0.25, -0.2) is 4.98 Å². The van der Waals surface area contributed by atoms with E-state index in [4.69, 9.17) is 16.3 Å². The topological polar surface area (TPSA) is 47.0 Å². The molecule has 0 unspecified atom stereocenters. The van der Waals surface area contributed by atoms with Crippen molar-refractivity contribution in [3.05, 3.63) is 11.2 Å². The minimum absolute atomic E-state index is 0.168. The normalized spacial score (nSPS) is 11.3. The zero-order valence-corrected chi connectivity index (χ0v) is 10.2. The van der Waals surface area contributed by atoms with E-state index >= 15 is 0 Å². The molecule has 1 heterocycles. The lowest BCUT2D eigenvalue weighted by molar-refractivity contribution is 0.379. The van der Waals surface area contributed by atoms with Gasteiger partial charge in [-0.3, -0.25) is 0 Å². The molecule has 0 aromatic carbocycles. The Hall–Kier alpha value is -1.03. The van der Waals surface area contributed by atoms with Gasteiger partial charge >= 0.3 is 6.01 Å². The molecule has 0 aliphatic carbocycles. The highest BCUT2D eigenvalue weighted by Gasteiger charge is 2.12. The number of methoxy groups -OCH3 is 1. The van der Waals surface area contributed by atoms with Crippen LogP contribution in [-0.4, -0.2) is 23.6 Å². The molecule has 0 atom stereocenters. The van der Waals surface area contributed by atoms with Gasteiger partial charge in [0.05, 0.1) is 13.3 Å². The van der Waals surface area contributed by atoms with Crippen LogP contribution in [-0.2, 0) is 0 Å². The van der Waals surface area contributed by atoms with Crippen LogP contribution in [0.3, 0.4) is 0 Å². The minimum Gasteiger partial charge on any atom is -0.467 e. The fraction of sp³-hybridized carbons (Fsp3) is 0.600. The Kier molecular flexibility index (Phi) is 3.74. The Morgan fingerprint density at radius 1 is 1.47 bits per heavy atom. The molecule has 4 nitrogen and oxygen atoms in total.